The number of para-hydroxylation sites is 1. The number of amides is 3. The molecule has 2 atom stereocenters. The number of imide groups is 1. The van der Waals surface area contributed by atoms with Crippen LogP contribution >= 0.6 is 0 Å². The molecular formula is C41H49N11O4. The molecule has 1 aliphatic carbocycles. The van der Waals surface area contributed by atoms with Crippen LogP contribution in [0.4, 0.5) is 17.5 Å². The van der Waals surface area contributed by atoms with Crippen LogP contribution < -0.4 is 21.2 Å². The van der Waals surface area contributed by atoms with Crippen LogP contribution in [0.1, 0.15) is 92.5 Å². The van der Waals surface area contributed by atoms with Crippen molar-refractivity contribution in [1.29, 1.82) is 0 Å². The van der Waals surface area contributed by atoms with E-state index in [9.17, 15) is 19.2 Å². The van der Waals surface area contributed by atoms with Crippen LogP contribution in [-0.2, 0) is 16.6 Å². The van der Waals surface area contributed by atoms with Crippen molar-refractivity contribution in [3.63, 3.8) is 0 Å². The second kappa shape index (κ2) is 13.9. The van der Waals surface area contributed by atoms with Gasteiger partial charge in [-0.05, 0) is 74.3 Å². The van der Waals surface area contributed by atoms with E-state index in [1.165, 1.54) is 0 Å². The van der Waals surface area contributed by atoms with E-state index in [1.54, 1.807) is 41.4 Å². The Morgan fingerprint density at radius 1 is 0.982 bits per heavy atom. The van der Waals surface area contributed by atoms with Gasteiger partial charge in [-0.2, -0.15) is 4.98 Å². The molecule has 1 spiro atoms. The van der Waals surface area contributed by atoms with Crippen LogP contribution in [-0.4, -0.2) is 96.4 Å². The van der Waals surface area contributed by atoms with Crippen molar-refractivity contribution in [1.82, 2.24) is 43.8 Å². The lowest BCUT2D eigenvalue weighted by Crippen LogP contribution is -2.60. The van der Waals surface area contributed by atoms with E-state index >= 15 is 0 Å². The molecule has 15 nitrogen and oxygen atoms in total. The fraction of sp³-hybridized carbons (Fsp3) is 0.488. The fourth-order valence-electron chi connectivity index (χ4n) is 9.58. The minimum absolute atomic E-state index is 0.0298. The molecular weight excluding hydrogens is 711 g/mol. The molecule has 0 radical (unpaired) electrons. The zero-order valence-corrected chi connectivity index (χ0v) is 32.5. The van der Waals surface area contributed by atoms with E-state index in [-0.39, 0.29) is 41.4 Å². The number of carbonyl (C=O) groups excluding carboxylic acids is 3. The van der Waals surface area contributed by atoms with Crippen molar-refractivity contribution < 1.29 is 14.4 Å². The summed E-state index contributed by atoms with van der Waals surface area (Å²) in [7, 11) is 5.32. The van der Waals surface area contributed by atoms with Gasteiger partial charge in [0.25, 0.3) is 5.91 Å². The quantitative estimate of drug-likeness (QED) is 0.213. The highest BCUT2D eigenvalue weighted by molar-refractivity contribution is 6.01. The van der Waals surface area contributed by atoms with Crippen molar-refractivity contribution in [2.75, 3.05) is 50.5 Å². The minimum Gasteiger partial charge on any atom is -0.370 e. The number of imidazole rings is 1. The van der Waals surface area contributed by atoms with Crippen molar-refractivity contribution >= 4 is 57.2 Å². The third kappa shape index (κ3) is 6.12. The number of hydrogen-bond donors (Lipinski definition) is 2. The maximum Gasteiger partial charge on any atom is 0.329 e. The third-order valence-corrected chi connectivity index (χ3v) is 12.8. The Hall–Kier alpha value is -5.57. The van der Waals surface area contributed by atoms with Gasteiger partial charge in [0.1, 0.15) is 23.2 Å². The van der Waals surface area contributed by atoms with Gasteiger partial charge in [-0.15, -0.1) is 0 Å². The molecule has 15 heteroatoms. The van der Waals surface area contributed by atoms with Gasteiger partial charge < -0.3 is 19.7 Å². The van der Waals surface area contributed by atoms with E-state index in [0.717, 1.165) is 98.0 Å². The minimum atomic E-state index is -0.700. The number of nitrogens with one attached hydrogen (secondary N) is 2. The molecule has 56 heavy (non-hydrogen) atoms. The smallest absolute Gasteiger partial charge is 0.329 e. The highest BCUT2D eigenvalue weighted by Gasteiger charge is 2.46. The van der Waals surface area contributed by atoms with Gasteiger partial charge >= 0.3 is 5.69 Å². The molecule has 3 amide bonds. The number of nitrogens with zero attached hydrogens (tertiary/aromatic N) is 9. The molecule has 4 aliphatic rings. The molecule has 4 aromatic heterocycles. The zero-order chi connectivity index (χ0) is 38.9. The topological polar surface area (TPSA) is 156 Å². The summed E-state index contributed by atoms with van der Waals surface area (Å²) in [5.41, 5.74) is 5.13. The average Bonchev–Trinajstić information content (AvgIpc) is 3.91. The lowest BCUT2D eigenvalue weighted by molar-refractivity contribution is -0.135. The van der Waals surface area contributed by atoms with Gasteiger partial charge in [-0.3, -0.25) is 33.7 Å². The Bertz CT molecular complexity index is 2410. The monoisotopic (exact) mass is 759 g/mol. The molecule has 2 N–H and O–H groups in total. The van der Waals surface area contributed by atoms with Crippen molar-refractivity contribution in [2.45, 2.75) is 76.4 Å². The molecule has 1 saturated carbocycles. The van der Waals surface area contributed by atoms with Crippen LogP contribution in [0.25, 0.3) is 22.1 Å². The first-order chi connectivity index (χ1) is 27.0. The third-order valence-electron chi connectivity index (χ3n) is 12.8. The molecule has 9 rings (SSSR count). The summed E-state index contributed by atoms with van der Waals surface area (Å²) in [5, 5.41) is 6.55. The highest BCUT2D eigenvalue weighted by Crippen LogP contribution is 2.45. The van der Waals surface area contributed by atoms with Crippen molar-refractivity contribution in [2.24, 2.45) is 12.5 Å². The first-order valence-electron chi connectivity index (χ1n) is 19.9. The molecule has 7 heterocycles. The van der Waals surface area contributed by atoms with Gasteiger partial charge in [0.05, 0.1) is 16.7 Å². The normalized spacial score (nSPS) is 20.8. The molecule has 292 valence electrons. The highest BCUT2D eigenvalue weighted by atomic mass is 16.2. The number of likely N-dealkylation sites (tertiary alicyclic amines) is 1. The number of hydrogen-bond acceptors (Lipinski definition) is 10. The Morgan fingerprint density at radius 3 is 2.45 bits per heavy atom. The molecule has 0 bridgehead atoms. The Balaban J connectivity index is 0.843. The van der Waals surface area contributed by atoms with Crippen molar-refractivity contribution in [3.8, 4) is 0 Å². The van der Waals surface area contributed by atoms with Crippen LogP contribution in [0, 0.1) is 5.41 Å². The van der Waals surface area contributed by atoms with Gasteiger partial charge in [-0.1, -0.05) is 25.0 Å². The number of fused-ring (bicyclic) bond motifs is 2. The van der Waals surface area contributed by atoms with Gasteiger partial charge in [0, 0.05) is 83.6 Å². The molecule has 5 aromatic rings. The summed E-state index contributed by atoms with van der Waals surface area (Å²) in [6, 6.07) is 11.7. The van der Waals surface area contributed by atoms with Gasteiger partial charge in [0.2, 0.25) is 17.8 Å². The predicted octanol–water partition coefficient (Wildman–Crippen LogP) is 4.68. The Labute approximate surface area is 324 Å². The maximum atomic E-state index is 13.5. The summed E-state index contributed by atoms with van der Waals surface area (Å²) in [6.07, 6.45) is 10.7. The van der Waals surface area contributed by atoms with E-state index in [2.05, 4.69) is 49.0 Å². The average molecular weight is 760 g/mol. The number of rotatable bonds is 8. The first kappa shape index (κ1) is 36.1. The molecule has 0 unspecified atom stereocenters. The SMILES string of the molecule is C[C@H](c1ccc(Nc2ncc3cc(C(=O)N(C)C)n(C4CCCC4)c3n2)nc1)N1CC2(CCN(c3cccc4c3n(C)c(=O)n4[C@H]3CCC(=O)NC3=O)CC2)C1. The van der Waals surface area contributed by atoms with E-state index in [1.807, 2.05) is 30.5 Å². The van der Waals surface area contributed by atoms with E-state index in [4.69, 9.17) is 9.97 Å². The first-order valence-corrected chi connectivity index (χ1v) is 19.9. The largest absolute Gasteiger partial charge is 0.370 e. The number of anilines is 3. The van der Waals surface area contributed by atoms with Crippen LogP contribution in [0.2, 0.25) is 0 Å². The number of piperidine rings is 2. The van der Waals surface area contributed by atoms with E-state index in [0.29, 0.717) is 23.9 Å². The number of carbonyl (C=O) groups is 3. The number of benzene rings is 1. The Morgan fingerprint density at radius 2 is 1.75 bits per heavy atom. The maximum absolute atomic E-state index is 13.5. The van der Waals surface area contributed by atoms with E-state index < -0.39 is 11.9 Å². The second-order valence-electron chi connectivity index (χ2n) is 16.5. The van der Waals surface area contributed by atoms with Gasteiger partial charge in [0.15, 0.2) is 0 Å². The summed E-state index contributed by atoms with van der Waals surface area (Å²) in [4.78, 5) is 71.8. The lowest BCUT2D eigenvalue weighted by atomic mass is 9.71. The number of pyridine rings is 1. The summed E-state index contributed by atoms with van der Waals surface area (Å²) in [5.74, 6) is 0.369. The zero-order valence-electron chi connectivity index (χ0n) is 32.5. The number of aryl methyl sites for hydroxylation is 1. The van der Waals surface area contributed by atoms with Crippen molar-refractivity contribution in [3.05, 3.63) is 70.5 Å². The lowest BCUT2D eigenvalue weighted by Gasteiger charge is -2.56. The predicted molar refractivity (Wildman–Crippen MR) is 213 cm³/mol. The fourth-order valence-corrected chi connectivity index (χ4v) is 9.58. The second-order valence-corrected chi connectivity index (χ2v) is 16.5. The molecule has 4 fully saturated rings. The van der Waals surface area contributed by atoms with Gasteiger partial charge in [-0.25, -0.2) is 14.8 Å². The Kier molecular flexibility index (Phi) is 8.94. The van der Waals surface area contributed by atoms with Crippen LogP contribution in [0.3, 0.4) is 0 Å². The summed E-state index contributed by atoms with van der Waals surface area (Å²) >= 11 is 0. The van der Waals surface area contributed by atoms with Crippen LogP contribution in [0.15, 0.2) is 53.6 Å². The summed E-state index contributed by atoms with van der Waals surface area (Å²) < 4.78 is 5.32. The molecule has 1 aromatic carbocycles. The number of aromatic nitrogens is 6. The van der Waals surface area contributed by atoms with Crippen LogP contribution in [0.5, 0.6) is 0 Å². The standard InChI is InChI=1S/C41H49N11O4/c1-25(26-12-14-33(42-21-26)44-39-43-22-27-20-32(38(55)47(2)3)51(36(27)46-39)28-8-5-6-9-28)50-23-41(24-50)16-18-49(19-17-41)29-10-7-11-30-35(29)48(4)40(56)52(30)31-13-15-34(53)45-37(31)54/h7,10-12,14,20-22,25,28,31H,5-6,8-9,13,15-19,23-24H2,1-4H3,(H,45,53,54)(H,42,43,44,46)/t25-,31+/m1/s1. The summed E-state index contributed by atoms with van der Waals surface area (Å²) in [6.45, 7) is 6.04. The molecule has 3 saturated heterocycles. The molecule has 3 aliphatic heterocycles.